The molecule has 2 aromatic rings. The van der Waals surface area contributed by atoms with Crippen LogP contribution in [0.3, 0.4) is 0 Å². The molecule has 1 aromatic heterocycles. The van der Waals surface area contributed by atoms with E-state index in [9.17, 15) is 14.4 Å². The number of aromatic amines is 1. The van der Waals surface area contributed by atoms with Gasteiger partial charge in [0.05, 0.1) is 5.56 Å². The number of nitrogens with one attached hydrogen (secondary N) is 2. The van der Waals surface area contributed by atoms with Crippen LogP contribution < -0.4 is 10.9 Å². The van der Waals surface area contributed by atoms with Crippen molar-refractivity contribution in [2.24, 2.45) is 0 Å². The number of amides is 2. The lowest BCUT2D eigenvalue weighted by Gasteiger charge is -2.15. The fraction of sp³-hybridized carbons (Fsp3) is 0.353. The van der Waals surface area contributed by atoms with Gasteiger partial charge in [-0.25, -0.2) is 0 Å². The van der Waals surface area contributed by atoms with Gasteiger partial charge in [0.2, 0.25) is 11.5 Å². The molecule has 0 atom stereocenters. The van der Waals surface area contributed by atoms with E-state index in [1.165, 1.54) is 6.07 Å². The second-order valence-corrected chi connectivity index (χ2v) is 5.69. The van der Waals surface area contributed by atoms with Gasteiger partial charge in [-0.1, -0.05) is 18.2 Å². The monoisotopic (exact) mass is 313 g/mol. The summed E-state index contributed by atoms with van der Waals surface area (Å²) in [6.45, 7) is 1.90. The molecule has 120 valence electrons. The molecule has 2 N–H and O–H groups in total. The van der Waals surface area contributed by atoms with Crippen molar-refractivity contribution in [1.29, 1.82) is 0 Å². The number of benzene rings is 1. The molecular formula is C17H19N3O3. The standard InChI is InChI=1S/C17H19N3O3/c21-15-11-13(12-5-1-2-6-14(12)19-15)17(23)18-8-7-16(22)20-9-3-4-10-20/h1-2,5-6,11H,3-4,7-10H2,(H,18,23)(H,19,21). The first kappa shape index (κ1) is 15.3. The number of hydrogen-bond donors (Lipinski definition) is 2. The normalized spacial score (nSPS) is 14.2. The summed E-state index contributed by atoms with van der Waals surface area (Å²) in [6, 6.07) is 8.45. The number of fused-ring (bicyclic) bond motifs is 1. The molecule has 6 nitrogen and oxygen atoms in total. The summed E-state index contributed by atoms with van der Waals surface area (Å²) in [6.07, 6.45) is 2.39. The topological polar surface area (TPSA) is 82.3 Å². The molecule has 0 unspecified atom stereocenters. The van der Waals surface area contributed by atoms with Crippen molar-refractivity contribution in [2.45, 2.75) is 19.3 Å². The van der Waals surface area contributed by atoms with Crippen LogP contribution in [0.1, 0.15) is 29.6 Å². The van der Waals surface area contributed by atoms with Gasteiger partial charge in [0, 0.05) is 43.0 Å². The zero-order valence-electron chi connectivity index (χ0n) is 12.8. The molecule has 2 heterocycles. The largest absolute Gasteiger partial charge is 0.351 e. The first-order valence-corrected chi connectivity index (χ1v) is 7.83. The summed E-state index contributed by atoms with van der Waals surface area (Å²) < 4.78 is 0. The quantitative estimate of drug-likeness (QED) is 0.892. The van der Waals surface area contributed by atoms with Crippen LogP contribution in [0.15, 0.2) is 35.1 Å². The van der Waals surface area contributed by atoms with Crippen LogP contribution in [0.2, 0.25) is 0 Å². The fourth-order valence-electron chi connectivity index (χ4n) is 2.90. The average molecular weight is 313 g/mol. The van der Waals surface area contributed by atoms with Gasteiger partial charge in [-0.05, 0) is 18.9 Å². The van der Waals surface area contributed by atoms with E-state index < -0.39 is 0 Å². The highest BCUT2D eigenvalue weighted by molar-refractivity contribution is 6.06. The highest BCUT2D eigenvalue weighted by atomic mass is 16.2. The Balaban J connectivity index is 1.66. The molecule has 0 radical (unpaired) electrons. The fourth-order valence-corrected chi connectivity index (χ4v) is 2.90. The van der Waals surface area contributed by atoms with Crippen molar-refractivity contribution < 1.29 is 9.59 Å². The van der Waals surface area contributed by atoms with Gasteiger partial charge in [-0.15, -0.1) is 0 Å². The Morgan fingerprint density at radius 3 is 2.70 bits per heavy atom. The van der Waals surface area contributed by atoms with Gasteiger partial charge < -0.3 is 15.2 Å². The summed E-state index contributed by atoms with van der Waals surface area (Å²) in [5, 5.41) is 3.42. The van der Waals surface area contributed by atoms with Gasteiger partial charge in [-0.2, -0.15) is 0 Å². The molecule has 3 rings (SSSR count). The summed E-state index contributed by atoms with van der Waals surface area (Å²) >= 11 is 0. The minimum atomic E-state index is -0.332. The number of H-pyrrole nitrogens is 1. The molecule has 6 heteroatoms. The molecule has 23 heavy (non-hydrogen) atoms. The van der Waals surface area contributed by atoms with Crippen molar-refractivity contribution in [1.82, 2.24) is 15.2 Å². The van der Waals surface area contributed by atoms with Crippen molar-refractivity contribution in [3.8, 4) is 0 Å². The highest BCUT2D eigenvalue weighted by Gasteiger charge is 2.18. The summed E-state index contributed by atoms with van der Waals surface area (Å²) in [5.74, 6) is -0.264. The SMILES string of the molecule is O=C(NCCC(=O)N1CCCC1)c1cc(=O)[nH]c2ccccc12. The van der Waals surface area contributed by atoms with Crippen molar-refractivity contribution in [3.05, 3.63) is 46.2 Å². The molecule has 0 bridgehead atoms. The van der Waals surface area contributed by atoms with Crippen molar-refractivity contribution in [3.63, 3.8) is 0 Å². The number of para-hydroxylation sites is 1. The zero-order chi connectivity index (χ0) is 16.2. The third-order valence-corrected chi connectivity index (χ3v) is 4.08. The number of likely N-dealkylation sites (tertiary alicyclic amines) is 1. The van der Waals surface area contributed by atoms with Crippen LogP contribution in [0.25, 0.3) is 10.9 Å². The molecule has 1 saturated heterocycles. The number of nitrogens with zero attached hydrogens (tertiary/aromatic N) is 1. The third-order valence-electron chi connectivity index (χ3n) is 4.08. The predicted molar refractivity (Wildman–Crippen MR) is 87.3 cm³/mol. The summed E-state index contributed by atoms with van der Waals surface area (Å²) in [5.41, 5.74) is 0.637. The third kappa shape index (κ3) is 3.41. The van der Waals surface area contributed by atoms with Gasteiger partial charge in [0.25, 0.3) is 5.91 Å². The second kappa shape index (κ2) is 6.64. The van der Waals surface area contributed by atoms with Crippen molar-refractivity contribution >= 4 is 22.7 Å². The predicted octanol–water partition coefficient (Wildman–Crippen LogP) is 1.27. The summed E-state index contributed by atoms with van der Waals surface area (Å²) in [4.78, 5) is 40.5. The van der Waals surface area contributed by atoms with Gasteiger partial charge in [-0.3, -0.25) is 14.4 Å². The summed E-state index contributed by atoms with van der Waals surface area (Å²) in [7, 11) is 0. The van der Waals surface area contributed by atoms with E-state index in [0.717, 1.165) is 25.9 Å². The van der Waals surface area contributed by atoms with Crippen LogP contribution in [0, 0.1) is 0 Å². The maximum atomic E-state index is 12.3. The molecule has 1 aliphatic rings. The van der Waals surface area contributed by atoms with E-state index in [1.807, 2.05) is 11.0 Å². The van der Waals surface area contributed by atoms with Gasteiger partial charge >= 0.3 is 0 Å². The Morgan fingerprint density at radius 2 is 1.91 bits per heavy atom. The molecular weight excluding hydrogens is 294 g/mol. The molecule has 0 saturated carbocycles. The van der Waals surface area contributed by atoms with E-state index in [0.29, 0.717) is 16.5 Å². The first-order valence-electron chi connectivity index (χ1n) is 7.83. The van der Waals surface area contributed by atoms with Crippen LogP contribution in [-0.4, -0.2) is 41.3 Å². The lowest BCUT2D eigenvalue weighted by molar-refractivity contribution is -0.129. The Labute approximate surface area is 133 Å². The number of carbonyl (C=O) groups is 2. The van der Waals surface area contributed by atoms with Crippen LogP contribution >= 0.6 is 0 Å². The lowest BCUT2D eigenvalue weighted by Crippen LogP contribution is -2.33. The van der Waals surface area contributed by atoms with E-state index >= 15 is 0 Å². The number of pyridine rings is 1. The van der Waals surface area contributed by atoms with E-state index in [-0.39, 0.29) is 30.3 Å². The van der Waals surface area contributed by atoms with E-state index in [4.69, 9.17) is 0 Å². The van der Waals surface area contributed by atoms with E-state index in [1.54, 1.807) is 18.2 Å². The van der Waals surface area contributed by atoms with Crippen LogP contribution in [-0.2, 0) is 4.79 Å². The molecule has 1 aliphatic heterocycles. The second-order valence-electron chi connectivity index (χ2n) is 5.69. The van der Waals surface area contributed by atoms with Crippen molar-refractivity contribution in [2.75, 3.05) is 19.6 Å². The molecule has 1 aromatic carbocycles. The van der Waals surface area contributed by atoms with E-state index in [2.05, 4.69) is 10.3 Å². The number of rotatable bonds is 4. The Hall–Kier alpha value is -2.63. The highest BCUT2D eigenvalue weighted by Crippen LogP contribution is 2.14. The molecule has 0 aliphatic carbocycles. The number of carbonyl (C=O) groups excluding carboxylic acids is 2. The van der Waals surface area contributed by atoms with Gasteiger partial charge in [0.1, 0.15) is 0 Å². The Morgan fingerprint density at radius 1 is 1.17 bits per heavy atom. The maximum absolute atomic E-state index is 12.3. The minimum absolute atomic E-state index is 0.0681. The molecule has 1 fully saturated rings. The number of aromatic nitrogens is 1. The first-order chi connectivity index (χ1) is 11.1. The number of hydrogen-bond acceptors (Lipinski definition) is 3. The molecule has 0 spiro atoms. The Kier molecular flexibility index (Phi) is 4.41. The molecule has 2 amide bonds. The average Bonchev–Trinajstić information content (AvgIpc) is 3.08. The maximum Gasteiger partial charge on any atom is 0.252 e. The Bertz CT molecular complexity index is 791. The minimum Gasteiger partial charge on any atom is -0.351 e. The van der Waals surface area contributed by atoms with Crippen LogP contribution in [0.4, 0.5) is 0 Å². The van der Waals surface area contributed by atoms with Gasteiger partial charge in [0.15, 0.2) is 0 Å². The smallest absolute Gasteiger partial charge is 0.252 e. The lowest BCUT2D eigenvalue weighted by atomic mass is 10.1. The van der Waals surface area contributed by atoms with Crippen LogP contribution in [0.5, 0.6) is 0 Å². The zero-order valence-corrected chi connectivity index (χ0v) is 12.8.